The van der Waals surface area contributed by atoms with E-state index in [9.17, 15) is 9.90 Å². The molecule has 4 heteroatoms. The number of aryl methyl sites for hydroxylation is 2. The lowest BCUT2D eigenvalue weighted by atomic mass is 10.1. The monoisotopic (exact) mass is 322 g/mol. The zero-order valence-corrected chi connectivity index (χ0v) is 15.1. The molecule has 0 spiro atoms. The lowest BCUT2D eigenvalue weighted by Crippen LogP contribution is -2.38. The maximum Gasteiger partial charge on any atom is 0.256 e. The average Bonchev–Trinajstić information content (AvgIpc) is 2.92. The largest absolute Gasteiger partial charge is 0.550 e. The van der Waals surface area contributed by atoms with Crippen LogP contribution in [0.25, 0.3) is 0 Å². The summed E-state index contributed by atoms with van der Waals surface area (Å²) in [7, 11) is 0. The second kappa shape index (κ2) is 12.1. The van der Waals surface area contributed by atoms with Crippen LogP contribution in [0.4, 0.5) is 0 Å². The Morgan fingerprint density at radius 1 is 1.04 bits per heavy atom. The Bertz CT molecular complexity index is 441. The van der Waals surface area contributed by atoms with Gasteiger partial charge in [0.05, 0.1) is 13.1 Å². The van der Waals surface area contributed by atoms with Crippen LogP contribution in [0.5, 0.6) is 0 Å². The molecule has 0 aromatic carbocycles. The molecular formula is C19H34N2O2. The molecule has 4 nitrogen and oxygen atoms in total. The second-order valence-corrected chi connectivity index (χ2v) is 6.39. The summed E-state index contributed by atoms with van der Waals surface area (Å²) in [6, 6.07) is 0. The van der Waals surface area contributed by atoms with Gasteiger partial charge in [0.1, 0.15) is 12.4 Å². The van der Waals surface area contributed by atoms with Gasteiger partial charge in [-0.25, -0.2) is 9.13 Å². The van der Waals surface area contributed by atoms with Crippen LogP contribution in [0.1, 0.15) is 83.9 Å². The third-order valence-corrected chi connectivity index (χ3v) is 4.46. The number of nitrogens with zero attached hydrogens (tertiary/aromatic N) is 2. The molecule has 1 rings (SSSR count). The molecular weight excluding hydrogens is 288 g/mol. The molecule has 0 atom stereocenters. The van der Waals surface area contributed by atoms with Crippen molar-refractivity contribution in [2.75, 3.05) is 0 Å². The zero-order chi connectivity index (χ0) is 16.9. The summed E-state index contributed by atoms with van der Waals surface area (Å²) < 4.78 is 4.49. The van der Waals surface area contributed by atoms with Crippen molar-refractivity contribution in [1.29, 1.82) is 0 Å². The van der Waals surface area contributed by atoms with Gasteiger partial charge in [-0.1, -0.05) is 51.9 Å². The number of hydrogen-bond donors (Lipinski definition) is 0. The van der Waals surface area contributed by atoms with E-state index in [1.165, 1.54) is 57.2 Å². The van der Waals surface area contributed by atoms with Crippen LogP contribution >= 0.6 is 0 Å². The summed E-state index contributed by atoms with van der Waals surface area (Å²) >= 11 is 0. The van der Waals surface area contributed by atoms with E-state index in [1.807, 2.05) is 0 Å². The SMILES string of the molecule is CCCCCCCCCCc1n(CC)cc[n+]1CCCC(=O)[O-]. The van der Waals surface area contributed by atoms with Crippen molar-refractivity contribution in [1.82, 2.24) is 4.57 Å². The van der Waals surface area contributed by atoms with E-state index in [0.29, 0.717) is 6.42 Å². The van der Waals surface area contributed by atoms with Gasteiger partial charge in [0, 0.05) is 12.4 Å². The third-order valence-electron chi connectivity index (χ3n) is 4.46. The normalized spacial score (nSPS) is 11.0. The van der Waals surface area contributed by atoms with Gasteiger partial charge in [-0.2, -0.15) is 0 Å². The molecule has 0 aliphatic rings. The van der Waals surface area contributed by atoms with Crippen molar-refractivity contribution in [3.8, 4) is 0 Å². The third kappa shape index (κ3) is 8.19. The summed E-state index contributed by atoms with van der Waals surface area (Å²) in [5.41, 5.74) is 0. The lowest BCUT2D eigenvalue weighted by molar-refractivity contribution is -0.704. The molecule has 0 fully saturated rings. The molecule has 0 unspecified atom stereocenters. The predicted molar refractivity (Wildman–Crippen MR) is 90.9 cm³/mol. The van der Waals surface area contributed by atoms with E-state index in [2.05, 4.69) is 35.4 Å². The topological polar surface area (TPSA) is 48.9 Å². The standard InChI is InChI=1S/C19H34N2O2/c1-3-5-6-7-8-9-10-11-13-18-20(4-2)16-17-21(18)15-12-14-19(22)23/h16-17H,3-15H2,1-2H3. The van der Waals surface area contributed by atoms with Crippen LogP contribution < -0.4 is 9.67 Å². The molecule has 0 bridgehead atoms. The fraction of sp³-hybridized carbons (Fsp3) is 0.789. The molecule has 23 heavy (non-hydrogen) atoms. The molecule has 0 amide bonds. The molecule has 0 radical (unpaired) electrons. The molecule has 0 saturated carbocycles. The summed E-state index contributed by atoms with van der Waals surface area (Å²) in [5, 5.41) is 10.5. The van der Waals surface area contributed by atoms with Crippen molar-refractivity contribution in [2.24, 2.45) is 0 Å². The van der Waals surface area contributed by atoms with Gasteiger partial charge in [0.15, 0.2) is 0 Å². The number of carbonyl (C=O) groups excluding carboxylic acids is 1. The minimum absolute atomic E-state index is 0.140. The van der Waals surface area contributed by atoms with E-state index in [0.717, 1.165) is 19.5 Å². The Kier molecular flexibility index (Phi) is 10.4. The van der Waals surface area contributed by atoms with E-state index in [4.69, 9.17) is 0 Å². The Labute approximate surface area is 141 Å². The molecule has 1 heterocycles. The Balaban J connectivity index is 2.30. The predicted octanol–water partition coefficient (Wildman–Crippen LogP) is 3.01. The highest BCUT2D eigenvalue weighted by atomic mass is 16.4. The van der Waals surface area contributed by atoms with Gasteiger partial charge in [0.25, 0.3) is 5.82 Å². The molecule has 0 N–H and O–H groups in total. The van der Waals surface area contributed by atoms with Crippen LogP contribution in [-0.4, -0.2) is 10.5 Å². The Hall–Kier alpha value is -1.32. The highest BCUT2D eigenvalue weighted by molar-refractivity contribution is 5.63. The molecule has 0 aliphatic heterocycles. The molecule has 1 aromatic rings. The number of aliphatic carboxylic acids is 1. The van der Waals surface area contributed by atoms with E-state index < -0.39 is 5.97 Å². The van der Waals surface area contributed by atoms with Crippen molar-refractivity contribution >= 4 is 5.97 Å². The number of imidazole rings is 1. The summed E-state index contributed by atoms with van der Waals surface area (Å²) in [5.74, 6) is 0.377. The number of carbonyl (C=O) groups is 1. The first-order chi connectivity index (χ1) is 11.2. The fourth-order valence-corrected chi connectivity index (χ4v) is 3.09. The minimum atomic E-state index is -0.954. The first kappa shape index (κ1) is 19.7. The number of rotatable bonds is 14. The quantitative estimate of drug-likeness (QED) is 0.390. The zero-order valence-electron chi connectivity index (χ0n) is 15.1. The van der Waals surface area contributed by atoms with Crippen LogP contribution in [0.3, 0.4) is 0 Å². The molecule has 0 aliphatic carbocycles. The van der Waals surface area contributed by atoms with Crippen LogP contribution in [0, 0.1) is 0 Å². The first-order valence-electron chi connectivity index (χ1n) is 9.46. The Morgan fingerprint density at radius 3 is 2.30 bits per heavy atom. The lowest BCUT2D eigenvalue weighted by Gasteiger charge is -2.05. The van der Waals surface area contributed by atoms with Crippen LogP contribution in [0.15, 0.2) is 12.4 Å². The maximum atomic E-state index is 10.5. The van der Waals surface area contributed by atoms with Gasteiger partial charge >= 0.3 is 0 Å². The molecule has 132 valence electrons. The summed E-state index contributed by atoms with van der Waals surface area (Å²) in [4.78, 5) is 10.5. The fourth-order valence-electron chi connectivity index (χ4n) is 3.09. The van der Waals surface area contributed by atoms with Crippen molar-refractivity contribution < 1.29 is 14.5 Å². The Morgan fingerprint density at radius 2 is 1.70 bits per heavy atom. The number of unbranched alkanes of at least 4 members (excludes halogenated alkanes) is 7. The van der Waals surface area contributed by atoms with Gasteiger partial charge < -0.3 is 9.90 Å². The van der Waals surface area contributed by atoms with E-state index >= 15 is 0 Å². The van der Waals surface area contributed by atoms with Crippen LogP contribution in [-0.2, 0) is 24.3 Å². The smallest absolute Gasteiger partial charge is 0.256 e. The first-order valence-corrected chi connectivity index (χ1v) is 9.46. The van der Waals surface area contributed by atoms with Crippen molar-refractivity contribution in [3.05, 3.63) is 18.2 Å². The van der Waals surface area contributed by atoms with E-state index in [-0.39, 0.29) is 6.42 Å². The number of carboxylic acid groups (broad SMARTS) is 1. The van der Waals surface area contributed by atoms with Crippen LogP contribution in [0.2, 0.25) is 0 Å². The highest BCUT2D eigenvalue weighted by Crippen LogP contribution is 2.10. The number of hydrogen-bond acceptors (Lipinski definition) is 2. The van der Waals surface area contributed by atoms with Crippen molar-refractivity contribution in [3.63, 3.8) is 0 Å². The molecule has 1 aromatic heterocycles. The van der Waals surface area contributed by atoms with Gasteiger partial charge in [0.2, 0.25) is 0 Å². The number of carboxylic acids is 1. The second-order valence-electron chi connectivity index (χ2n) is 6.39. The highest BCUT2D eigenvalue weighted by Gasteiger charge is 2.15. The average molecular weight is 322 g/mol. The minimum Gasteiger partial charge on any atom is -0.550 e. The molecule has 0 saturated heterocycles. The summed E-state index contributed by atoms with van der Waals surface area (Å²) in [6.07, 6.45) is 16.7. The van der Waals surface area contributed by atoms with Crippen molar-refractivity contribution in [2.45, 2.75) is 97.6 Å². The number of aromatic nitrogens is 2. The van der Waals surface area contributed by atoms with Gasteiger partial charge in [-0.15, -0.1) is 0 Å². The van der Waals surface area contributed by atoms with Gasteiger partial charge in [-0.05, 0) is 26.2 Å². The maximum absolute atomic E-state index is 10.5. The summed E-state index contributed by atoms with van der Waals surface area (Å²) in [6.45, 7) is 6.15. The van der Waals surface area contributed by atoms with Gasteiger partial charge in [-0.3, -0.25) is 0 Å². The van der Waals surface area contributed by atoms with E-state index in [1.54, 1.807) is 0 Å².